The van der Waals surface area contributed by atoms with Crippen LogP contribution in [0, 0.1) is 16.0 Å². The van der Waals surface area contributed by atoms with E-state index in [4.69, 9.17) is 5.11 Å². The third-order valence-corrected chi connectivity index (χ3v) is 5.19. The summed E-state index contributed by atoms with van der Waals surface area (Å²) in [7, 11) is -2.61. The first kappa shape index (κ1) is 15.4. The van der Waals surface area contributed by atoms with E-state index in [1.165, 1.54) is 7.05 Å². The Morgan fingerprint density at radius 2 is 2.10 bits per heavy atom. The second kappa shape index (κ2) is 5.41. The molecule has 0 bridgehead atoms. The Morgan fingerprint density at radius 1 is 1.48 bits per heavy atom. The van der Waals surface area contributed by atoms with Crippen LogP contribution in [-0.2, 0) is 10.0 Å². The summed E-state index contributed by atoms with van der Waals surface area (Å²) < 4.78 is 25.9. The van der Waals surface area contributed by atoms with Gasteiger partial charge < -0.3 is 5.11 Å². The van der Waals surface area contributed by atoms with Crippen molar-refractivity contribution in [3.63, 3.8) is 0 Å². The van der Waals surface area contributed by atoms with E-state index in [1.54, 1.807) is 0 Å². The van der Waals surface area contributed by atoms with Gasteiger partial charge in [0.25, 0.3) is 5.69 Å². The average Bonchev–Trinajstić information content (AvgIpc) is 3.21. The highest BCUT2D eigenvalue weighted by Gasteiger charge is 2.32. The number of carboxylic acid groups (broad SMARTS) is 1. The molecule has 0 aliphatic heterocycles. The Hall–Kier alpha value is -2.00. The number of nitro benzene ring substituents is 1. The van der Waals surface area contributed by atoms with Gasteiger partial charge >= 0.3 is 5.97 Å². The molecule has 2 rings (SSSR count). The number of hydrogen-bond donors (Lipinski definition) is 1. The zero-order valence-electron chi connectivity index (χ0n) is 11.2. The first-order valence-electron chi connectivity index (χ1n) is 6.21. The van der Waals surface area contributed by atoms with E-state index in [0.29, 0.717) is 12.5 Å². The first-order chi connectivity index (χ1) is 9.73. The van der Waals surface area contributed by atoms with E-state index >= 15 is 0 Å². The fraction of sp³-hybridized carbons (Fsp3) is 0.417. The van der Waals surface area contributed by atoms with Crippen LogP contribution in [0.5, 0.6) is 0 Å². The molecule has 0 aromatic heterocycles. The molecule has 8 nitrogen and oxygen atoms in total. The zero-order chi connectivity index (χ0) is 15.8. The van der Waals surface area contributed by atoms with E-state index in [9.17, 15) is 23.3 Å². The van der Waals surface area contributed by atoms with Crippen molar-refractivity contribution >= 4 is 21.7 Å². The molecule has 1 aromatic carbocycles. The van der Waals surface area contributed by atoms with E-state index in [1.807, 2.05) is 0 Å². The maximum absolute atomic E-state index is 12.4. The fourth-order valence-corrected chi connectivity index (χ4v) is 3.36. The van der Waals surface area contributed by atoms with Crippen molar-refractivity contribution in [1.82, 2.24) is 4.31 Å². The molecule has 1 fully saturated rings. The number of carboxylic acids is 1. The van der Waals surface area contributed by atoms with Crippen molar-refractivity contribution in [3.05, 3.63) is 33.9 Å². The van der Waals surface area contributed by atoms with Crippen molar-refractivity contribution in [1.29, 1.82) is 0 Å². The van der Waals surface area contributed by atoms with Gasteiger partial charge in [0.2, 0.25) is 10.0 Å². The van der Waals surface area contributed by atoms with Gasteiger partial charge in [-0.1, -0.05) is 0 Å². The third-order valence-electron chi connectivity index (χ3n) is 3.30. The molecule has 0 spiro atoms. The van der Waals surface area contributed by atoms with Gasteiger partial charge in [-0.3, -0.25) is 10.1 Å². The predicted molar refractivity (Wildman–Crippen MR) is 72.6 cm³/mol. The normalized spacial score (nSPS) is 15.1. The van der Waals surface area contributed by atoms with Gasteiger partial charge in [-0.15, -0.1) is 0 Å². The number of carbonyl (C=O) groups is 1. The number of non-ortho nitro benzene ring substituents is 1. The van der Waals surface area contributed by atoms with Crippen LogP contribution in [0.15, 0.2) is 23.1 Å². The van der Waals surface area contributed by atoms with Gasteiger partial charge in [-0.25, -0.2) is 17.5 Å². The summed E-state index contributed by atoms with van der Waals surface area (Å²) in [4.78, 5) is 20.7. The summed E-state index contributed by atoms with van der Waals surface area (Å²) in [6, 6.07) is 2.73. The number of hydrogen-bond acceptors (Lipinski definition) is 5. The second-order valence-corrected chi connectivity index (χ2v) is 6.98. The number of benzene rings is 1. The molecule has 0 amide bonds. The van der Waals surface area contributed by atoms with Crippen LogP contribution in [0.25, 0.3) is 0 Å². The lowest BCUT2D eigenvalue weighted by molar-refractivity contribution is -0.384. The smallest absolute Gasteiger partial charge is 0.337 e. The first-order valence-corrected chi connectivity index (χ1v) is 7.65. The van der Waals surface area contributed by atoms with Crippen molar-refractivity contribution in [2.24, 2.45) is 5.92 Å². The van der Waals surface area contributed by atoms with E-state index < -0.39 is 37.1 Å². The molecule has 1 aliphatic carbocycles. The molecule has 0 radical (unpaired) electrons. The van der Waals surface area contributed by atoms with E-state index in [-0.39, 0.29) is 0 Å². The van der Waals surface area contributed by atoms with Gasteiger partial charge in [0.15, 0.2) is 0 Å². The maximum Gasteiger partial charge on any atom is 0.337 e. The Morgan fingerprint density at radius 3 is 2.57 bits per heavy atom. The highest BCUT2D eigenvalue weighted by molar-refractivity contribution is 7.89. The Labute approximate surface area is 121 Å². The molecular weight excluding hydrogens is 300 g/mol. The SMILES string of the molecule is CN(CC1CC1)S(=O)(=O)c1ccc([N+](=O)[O-])cc1C(=O)O. The van der Waals surface area contributed by atoms with Crippen LogP contribution >= 0.6 is 0 Å². The molecule has 0 atom stereocenters. The number of aromatic carboxylic acids is 1. The monoisotopic (exact) mass is 314 g/mol. The topological polar surface area (TPSA) is 118 Å². The van der Waals surface area contributed by atoms with Crippen LogP contribution in [-0.4, -0.2) is 42.3 Å². The van der Waals surface area contributed by atoms with Gasteiger partial charge in [-0.05, 0) is 24.8 Å². The molecule has 0 unspecified atom stereocenters. The fourth-order valence-electron chi connectivity index (χ4n) is 1.95. The molecule has 1 N–H and O–H groups in total. The van der Waals surface area contributed by atoms with E-state index in [0.717, 1.165) is 35.3 Å². The maximum atomic E-state index is 12.4. The molecule has 1 aromatic rings. The molecule has 1 saturated carbocycles. The summed E-state index contributed by atoms with van der Waals surface area (Å²) >= 11 is 0. The minimum atomic E-state index is -3.98. The molecular formula is C12H14N2O6S. The average molecular weight is 314 g/mol. The van der Waals surface area contributed by atoms with Crippen molar-refractivity contribution in [2.45, 2.75) is 17.7 Å². The molecule has 1 aliphatic rings. The largest absolute Gasteiger partial charge is 0.478 e. The summed E-state index contributed by atoms with van der Waals surface area (Å²) in [5.41, 5.74) is -1.05. The Bertz CT molecular complexity index is 696. The van der Waals surface area contributed by atoms with Crippen LogP contribution in [0.4, 0.5) is 5.69 Å². The van der Waals surface area contributed by atoms with E-state index in [2.05, 4.69) is 0 Å². The second-order valence-electron chi connectivity index (χ2n) is 4.97. The molecule has 0 saturated heterocycles. The highest BCUT2D eigenvalue weighted by Crippen LogP contribution is 2.32. The number of nitrogens with zero attached hydrogens (tertiary/aromatic N) is 2. The molecule has 114 valence electrons. The van der Waals surface area contributed by atoms with Crippen molar-refractivity contribution < 1.29 is 23.2 Å². The summed E-state index contributed by atoms with van der Waals surface area (Å²) in [6.45, 7) is 0.318. The van der Waals surface area contributed by atoms with Crippen molar-refractivity contribution in [3.8, 4) is 0 Å². The Kier molecular flexibility index (Phi) is 3.97. The minimum absolute atomic E-state index is 0.302. The summed E-state index contributed by atoms with van der Waals surface area (Å²) in [5.74, 6) is -1.21. The molecule has 0 heterocycles. The predicted octanol–water partition coefficient (Wildman–Crippen LogP) is 1.32. The van der Waals surface area contributed by atoms with Crippen LogP contribution < -0.4 is 0 Å². The summed E-state index contributed by atoms with van der Waals surface area (Å²) in [5, 5.41) is 19.8. The minimum Gasteiger partial charge on any atom is -0.478 e. The number of sulfonamides is 1. The lowest BCUT2D eigenvalue weighted by Gasteiger charge is -2.18. The number of rotatable bonds is 6. The number of nitro groups is 1. The zero-order valence-corrected chi connectivity index (χ0v) is 12.0. The van der Waals surface area contributed by atoms with Crippen LogP contribution in [0.3, 0.4) is 0 Å². The van der Waals surface area contributed by atoms with Gasteiger partial charge in [0.1, 0.15) is 0 Å². The van der Waals surface area contributed by atoms with Crippen LogP contribution in [0.1, 0.15) is 23.2 Å². The Balaban J connectivity index is 2.46. The standard InChI is InChI=1S/C12H14N2O6S/c1-13(7-8-2-3-8)21(19,20)11-5-4-9(14(17)18)6-10(11)12(15)16/h4-6,8H,2-3,7H2,1H3,(H,15,16). The third kappa shape index (κ3) is 3.19. The van der Waals surface area contributed by atoms with Gasteiger partial charge in [-0.2, -0.15) is 0 Å². The van der Waals surface area contributed by atoms with Crippen molar-refractivity contribution in [2.75, 3.05) is 13.6 Å². The quantitative estimate of drug-likeness (QED) is 0.625. The lowest BCUT2D eigenvalue weighted by atomic mass is 10.2. The van der Waals surface area contributed by atoms with Gasteiger partial charge in [0.05, 0.1) is 15.4 Å². The van der Waals surface area contributed by atoms with Crippen LogP contribution in [0.2, 0.25) is 0 Å². The lowest BCUT2D eigenvalue weighted by Crippen LogP contribution is -2.30. The van der Waals surface area contributed by atoms with Gasteiger partial charge in [0, 0.05) is 25.7 Å². The molecule has 9 heteroatoms. The molecule has 21 heavy (non-hydrogen) atoms. The highest BCUT2D eigenvalue weighted by atomic mass is 32.2. The summed E-state index contributed by atoms with van der Waals surface area (Å²) in [6.07, 6.45) is 1.90.